The van der Waals surface area contributed by atoms with E-state index in [-0.39, 0.29) is 11.8 Å². The molecule has 1 aliphatic heterocycles. The molecular weight excluding hydrogens is 262 g/mol. The number of fused-ring (bicyclic) bond motifs is 1. The Kier molecular flexibility index (Phi) is 3.88. The standard InChI is InChI=1S/C15H20ClNO2/c1-7(2)5-12(18)11-6-10-8(3)15(19)17-14(10)9(4)13(11)16/h6-8,12,18H,5H2,1-4H3,(H,17,19). The number of nitrogens with one attached hydrogen (secondary N) is 1. The minimum Gasteiger partial charge on any atom is -0.388 e. The summed E-state index contributed by atoms with van der Waals surface area (Å²) in [5.74, 6) is 0.192. The highest BCUT2D eigenvalue weighted by Crippen LogP contribution is 2.42. The van der Waals surface area contributed by atoms with Crippen LogP contribution in [0.4, 0.5) is 5.69 Å². The van der Waals surface area contributed by atoms with Crippen molar-refractivity contribution in [1.29, 1.82) is 0 Å². The van der Waals surface area contributed by atoms with Gasteiger partial charge in [0, 0.05) is 5.69 Å². The first-order valence-corrected chi connectivity index (χ1v) is 7.02. The Balaban J connectivity index is 2.48. The molecule has 0 radical (unpaired) electrons. The van der Waals surface area contributed by atoms with Crippen LogP contribution in [-0.2, 0) is 4.79 Å². The number of aliphatic hydroxyl groups excluding tert-OH is 1. The second-order valence-corrected chi connectivity index (χ2v) is 6.10. The molecule has 2 N–H and O–H groups in total. The summed E-state index contributed by atoms with van der Waals surface area (Å²) in [5.41, 5.74) is 3.32. The molecular formula is C15H20ClNO2. The molecule has 0 spiro atoms. The third kappa shape index (κ3) is 2.49. The van der Waals surface area contributed by atoms with E-state index in [0.717, 1.165) is 22.4 Å². The van der Waals surface area contributed by atoms with Gasteiger partial charge in [0.25, 0.3) is 0 Å². The van der Waals surface area contributed by atoms with E-state index >= 15 is 0 Å². The van der Waals surface area contributed by atoms with Crippen LogP contribution in [0.2, 0.25) is 5.02 Å². The third-order valence-electron chi connectivity index (χ3n) is 3.72. The second kappa shape index (κ2) is 5.14. The van der Waals surface area contributed by atoms with Crippen molar-refractivity contribution >= 4 is 23.2 Å². The van der Waals surface area contributed by atoms with Crippen LogP contribution in [0, 0.1) is 12.8 Å². The fraction of sp³-hybridized carbons (Fsp3) is 0.533. The lowest BCUT2D eigenvalue weighted by molar-refractivity contribution is -0.116. The minimum atomic E-state index is -0.584. The zero-order valence-corrected chi connectivity index (χ0v) is 12.5. The summed E-state index contributed by atoms with van der Waals surface area (Å²) >= 11 is 6.34. The van der Waals surface area contributed by atoms with E-state index in [1.807, 2.05) is 19.9 Å². The molecule has 0 fully saturated rings. The number of carbonyl (C=O) groups is 1. The number of rotatable bonds is 3. The average Bonchev–Trinajstić information content (AvgIpc) is 2.60. The van der Waals surface area contributed by atoms with E-state index in [2.05, 4.69) is 19.2 Å². The molecule has 0 bridgehead atoms. The van der Waals surface area contributed by atoms with E-state index in [0.29, 0.717) is 17.4 Å². The Morgan fingerprint density at radius 2 is 2.11 bits per heavy atom. The third-order valence-corrected chi connectivity index (χ3v) is 4.22. The van der Waals surface area contributed by atoms with Crippen molar-refractivity contribution in [3.63, 3.8) is 0 Å². The van der Waals surface area contributed by atoms with Gasteiger partial charge in [0.1, 0.15) is 0 Å². The molecule has 2 unspecified atom stereocenters. The van der Waals surface area contributed by atoms with E-state index in [1.165, 1.54) is 0 Å². The smallest absolute Gasteiger partial charge is 0.231 e. The number of aliphatic hydroxyl groups is 1. The molecule has 0 saturated carbocycles. The Bertz CT molecular complexity index is 525. The van der Waals surface area contributed by atoms with Crippen molar-refractivity contribution in [2.75, 3.05) is 5.32 Å². The van der Waals surface area contributed by atoms with E-state index in [9.17, 15) is 9.90 Å². The predicted octanol–water partition coefficient (Wildman–Crippen LogP) is 3.78. The molecule has 2 atom stereocenters. The summed E-state index contributed by atoms with van der Waals surface area (Å²) in [6.45, 7) is 7.87. The van der Waals surface area contributed by atoms with E-state index in [1.54, 1.807) is 0 Å². The molecule has 3 nitrogen and oxygen atoms in total. The highest BCUT2D eigenvalue weighted by atomic mass is 35.5. The zero-order chi connectivity index (χ0) is 14.3. The number of benzene rings is 1. The minimum absolute atomic E-state index is 0.00957. The van der Waals surface area contributed by atoms with Crippen molar-refractivity contribution in [3.05, 3.63) is 27.8 Å². The van der Waals surface area contributed by atoms with Gasteiger partial charge in [0.15, 0.2) is 0 Å². The molecule has 1 aromatic carbocycles. The fourth-order valence-corrected chi connectivity index (χ4v) is 2.82. The van der Waals surface area contributed by atoms with Crippen molar-refractivity contribution in [3.8, 4) is 0 Å². The molecule has 4 heteroatoms. The normalized spacial score (nSPS) is 19.5. The predicted molar refractivity (Wildman–Crippen MR) is 77.6 cm³/mol. The molecule has 0 aromatic heterocycles. The van der Waals surface area contributed by atoms with Crippen LogP contribution < -0.4 is 5.32 Å². The fourth-order valence-electron chi connectivity index (χ4n) is 2.54. The summed E-state index contributed by atoms with van der Waals surface area (Å²) in [6.07, 6.45) is 0.0765. The van der Waals surface area contributed by atoms with E-state index in [4.69, 9.17) is 11.6 Å². The SMILES string of the molecule is Cc1c(Cl)c(C(O)CC(C)C)cc2c1NC(=O)C2C. The van der Waals surface area contributed by atoms with Gasteiger partial charge in [0.2, 0.25) is 5.91 Å². The first kappa shape index (κ1) is 14.4. The van der Waals surface area contributed by atoms with Crippen LogP contribution in [0.3, 0.4) is 0 Å². The van der Waals surface area contributed by atoms with Crippen molar-refractivity contribution < 1.29 is 9.90 Å². The quantitative estimate of drug-likeness (QED) is 0.886. The highest BCUT2D eigenvalue weighted by Gasteiger charge is 2.31. The molecule has 0 aliphatic carbocycles. The molecule has 19 heavy (non-hydrogen) atoms. The van der Waals surface area contributed by atoms with Crippen LogP contribution >= 0.6 is 11.6 Å². The van der Waals surface area contributed by atoms with Crippen LogP contribution in [0.1, 0.15) is 55.9 Å². The zero-order valence-electron chi connectivity index (χ0n) is 11.7. The molecule has 1 aliphatic rings. The van der Waals surface area contributed by atoms with Crippen molar-refractivity contribution in [1.82, 2.24) is 0 Å². The van der Waals surface area contributed by atoms with Gasteiger partial charge in [-0.05, 0) is 48.9 Å². The summed E-state index contributed by atoms with van der Waals surface area (Å²) in [4.78, 5) is 11.7. The van der Waals surface area contributed by atoms with Crippen molar-refractivity contribution in [2.24, 2.45) is 5.92 Å². The molecule has 1 heterocycles. The lowest BCUT2D eigenvalue weighted by atomic mass is 9.92. The van der Waals surface area contributed by atoms with E-state index < -0.39 is 6.10 Å². The average molecular weight is 282 g/mol. The maximum atomic E-state index is 11.7. The topological polar surface area (TPSA) is 49.3 Å². The number of anilines is 1. The van der Waals surface area contributed by atoms with Gasteiger partial charge in [0.05, 0.1) is 17.0 Å². The van der Waals surface area contributed by atoms with Crippen LogP contribution in [0.15, 0.2) is 6.07 Å². The number of hydrogen-bond donors (Lipinski definition) is 2. The summed E-state index contributed by atoms with van der Waals surface area (Å²) in [6, 6.07) is 1.88. The molecule has 2 rings (SSSR count). The van der Waals surface area contributed by atoms with Gasteiger partial charge in [-0.1, -0.05) is 25.4 Å². The Labute approximate surface area is 119 Å². The van der Waals surface area contributed by atoms with Crippen LogP contribution in [-0.4, -0.2) is 11.0 Å². The first-order chi connectivity index (χ1) is 8.82. The van der Waals surface area contributed by atoms with Gasteiger partial charge in [-0.2, -0.15) is 0 Å². The first-order valence-electron chi connectivity index (χ1n) is 6.64. The molecule has 1 aromatic rings. The van der Waals surface area contributed by atoms with Gasteiger partial charge in [-0.15, -0.1) is 0 Å². The molecule has 0 saturated heterocycles. The van der Waals surface area contributed by atoms with Crippen LogP contribution in [0.5, 0.6) is 0 Å². The Morgan fingerprint density at radius 3 is 2.68 bits per heavy atom. The lowest BCUT2D eigenvalue weighted by Gasteiger charge is -2.18. The van der Waals surface area contributed by atoms with Gasteiger partial charge in [-0.25, -0.2) is 0 Å². The summed E-state index contributed by atoms with van der Waals surface area (Å²) < 4.78 is 0. The largest absolute Gasteiger partial charge is 0.388 e. The molecule has 1 amide bonds. The lowest BCUT2D eigenvalue weighted by Crippen LogP contribution is -2.08. The Morgan fingerprint density at radius 1 is 1.47 bits per heavy atom. The van der Waals surface area contributed by atoms with Gasteiger partial charge < -0.3 is 10.4 Å². The van der Waals surface area contributed by atoms with Crippen molar-refractivity contribution in [2.45, 2.75) is 46.1 Å². The maximum absolute atomic E-state index is 11.7. The molecule has 104 valence electrons. The van der Waals surface area contributed by atoms with Gasteiger partial charge >= 0.3 is 0 Å². The Hall–Kier alpha value is -1.06. The van der Waals surface area contributed by atoms with Crippen LogP contribution in [0.25, 0.3) is 0 Å². The summed E-state index contributed by atoms with van der Waals surface area (Å²) in [5, 5.41) is 13.7. The second-order valence-electron chi connectivity index (χ2n) is 5.73. The highest BCUT2D eigenvalue weighted by molar-refractivity contribution is 6.33. The number of halogens is 1. The number of carbonyl (C=O) groups excluding carboxylic acids is 1. The van der Waals surface area contributed by atoms with Gasteiger partial charge in [-0.3, -0.25) is 4.79 Å². The monoisotopic (exact) mass is 281 g/mol. The number of hydrogen-bond acceptors (Lipinski definition) is 2. The maximum Gasteiger partial charge on any atom is 0.231 e. The summed E-state index contributed by atoms with van der Waals surface area (Å²) in [7, 11) is 0. The number of amides is 1.